The fourth-order valence-electron chi connectivity index (χ4n) is 3.54. The largest absolute Gasteiger partial charge is 0.444 e. The van der Waals surface area contributed by atoms with E-state index in [1.165, 1.54) is 15.8 Å². The Kier molecular flexibility index (Phi) is 3.93. The molecule has 5 rings (SSSR count). The number of cyclic esters (lactones) is 1. The van der Waals surface area contributed by atoms with Crippen molar-refractivity contribution in [1.29, 1.82) is 0 Å². The molecule has 1 fully saturated rings. The van der Waals surface area contributed by atoms with Gasteiger partial charge in [-0.15, -0.1) is 4.80 Å². The number of aryl methyl sites for hydroxylation is 1. The highest BCUT2D eigenvalue weighted by molar-refractivity contribution is 5.89. The Hall–Kier alpha value is -3.57. The summed E-state index contributed by atoms with van der Waals surface area (Å²) in [6.07, 6.45) is 0.0825. The average Bonchev–Trinajstić information content (AvgIpc) is 3.44. The molecule has 2 aliphatic heterocycles. The summed E-state index contributed by atoms with van der Waals surface area (Å²) < 4.78 is 21.6. The van der Waals surface area contributed by atoms with Crippen molar-refractivity contribution in [3.8, 4) is 5.69 Å². The summed E-state index contributed by atoms with van der Waals surface area (Å²) in [4.78, 5) is 16.6. The molecule has 11 nitrogen and oxygen atoms in total. The summed E-state index contributed by atoms with van der Waals surface area (Å²) in [6.45, 7) is 3.33. The quantitative estimate of drug-likeness (QED) is 0.644. The summed E-state index contributed by atoms with van der Waals surface area (Å²) >= 11 is 0. The Bertz CT molecular complexity index is 1070. The van der Waals surface area contributed by atoms with Crippen LogP contribution < -0.4 is 9.80 Å². The molecule has 2 aliphatic rings. The highest BCUT2D eigenvalue weighted by atomic mass is 19.1. The molecule has 0 unspecified atom stereocenters. The number of nitrogens with zero attached hydrogens (tertiary/aromatic N) is 9. The zero-order chi connectivity index (χ0) is 20.1. The van der Waals surface area contributed by atoms with Gasteiger partial charge in [0.05, 0.1) is 25.3 Å². The van der Waals surface area contributed by atoms with E-state index in [-0.39, 0.29) is 11.8 Å². The van der Waals surface area contributed by atoms with Crippen LogP contribution in [0.1, 0.15) is 24.7 Å². The topological polar surface area (TPSA) is 107 Å². The van der Waals surface area contributed by atoms with Gasteiger partial charge in [-0.1, -0.05) is 12.0 Å². The van der Waals surface area contributed by atoms with E-state index in [0.717, 1.165) is 11.4 Å². The lowest BCUT2D eigenvalue weighted by molar-refractivity contribution is 0.139. The minimum absolute atomic E-state index is 0.173. The maximum atomic E-state index is 14.8. The summed E-state index contributed by atoms with van der Waals surface area (Å²) in [5, 5.41) is 20.3. The number of hydrogen-bond acceptors (Lipinski definition) is 8. The third kappa shape index (κ3) is 2.87. The number of carbonyl (C=O) groups is 1. The fraction of sp³-hybridized carbons (Fsp3) is 0.412. The van der Waals surface area contributed by atoms with Crippen molar-refractivity contribution in [2.24, 2.45) is 7.05 Å². The van der Waals surface area contributed by atoms with Gasteiger partial charge in [0.1, 0.15) is 23.2 Å². The molecule has 0 N–H and O–H groups in total. The minimum Gasteiger partial charge on any atom is -0.444 e. The Morgan fingerprint density at radius 1 is 1.24 bits per heavy atom. The van der Waals surface area contributed by atoms with Crippen LogP contribution in [0.3, 0.4) is 0 Å². The minimum atomic E-state index is -0.515. The normalized spacial score (nSPS) is 18.4. The second kappa shape index (κ2) is 6.50. The third-order valence-electron chi connectivity index (χ3n) is 5.11. The van der Waals surface area contributed by atoms with Gasteiger partial charge in [-0.3, -0.25) is 4.90 Å². The zero-order valence-electron chi connectivity index (χ0n) is 15.9. The van der Waals surface area contributed by atoms with Gasteiger partial charge in [0.15, 0.2) is 5.82 Å². The van der Waals surface area contributed by atoms with E-state index in [9.17, 15) is 9.18 Å². The van der Waals surface area contributed by atoms with Gasteiger partial charge in [0.25, 0.3) is 0 Å². The lowest BCUT2D eigenvalue weighted by Gasteiger charge is -2.15. The van der Waals surface area contributed by atoms with Crippen LogP contribution >= 0.6 is 0 Å². The van der Waals surface area contributed by atoms with Crippen LogP contribution in [-0.4, -0.2) is 53.9 Å². The number of tetrazole rings is 1. The van der Waals surface area contributed by atoms with E-state index < -0.39 is 11.9 Å². The second-order valence-corrected chi connectivity index (χ2v) is 7.00. The van der Waals surface area contributed by atoms with Crippen LogP contribution in [0.25, 0.3) is 5.69 Å². The fourth-order valence-corrected chi connectivity index (χ4v) is 3.54. The van der Waals surface area contributed by atoms with Crippen molar-refractivity contribution in [3.05, 3.63) is 35.4 Å². The molecule has 1 amide bonds. The number of carbonyl (C=O) groups excluding carboxylic acids is 1. The number of ether oxygens (including phenoxy) is 1. The Morgan fingerprint density at radius 2 is 2.00 bits per heavy atom. The van der Waals surface area contributed by atoms with Crippen molar-refractivity contribution < 1.29 is 13.9 Å². The van der Waals surface area contributed by atoms with Crippen LogP contribution in [0.4, 0.5) is 20.8 Å². The van der Waals surface area contributed by atoms with Gasteiger partial charge in [-0.05, 0) is 29.0 Å². The van der Waals surface area contributed by atoms with Crippen molar-refractivity contribution in [1.82, 2.24) is 35.2 Å². The summed E-state index contributed by atoms with van der Waals surface area (Å²) in [7, 11) is 1.76. The van der Waals surface area contributed by atoms with E-state index in [2.05, 4.69) is 25.7 Å². The highest BCUT2D eigenvalue weighted by Gasteiger charge is 2.32. The van der Waals surface area contributed by atoms with Crippen LogP contribution in [0, 0.1) is 5.82 Å². The van der Waals surface area contributed by atoms with E-state index in [4.69, 9.17) is 4.74 Å². The number of anilines is 2. The third-order valence-corrected chi connectivity index (χ3v) is 5.11. The molecule has 0 aliphatic carbocycles. The summed E-state index contributed by atoms with van der Waals surface area (Å²) in [5.74, 6) is 0.105. The number of fused-ring (bicyclic) bond motifs is 1. The smallest absolute Gasteiger partial charge is 0.414 e. The predicted molar refractivity (Wildman–Crippen MR) is 97.9 cm³/mol. The molecular formula is C17H18FN9O2. The molecule has 3 aromatic rings. The standard InChI is InChI=1S/C17H18FN9O2/c1-3-11-7-26(17(28)29-11)10-4-5-15(12(18)6-10)27-20-13-8-25(9-14(13)21-27)16-19-22-23-24(16)2/h4-6,11H,3,7-9H2,1-2H3/t11-/m0/s1. The first-order chi connectivity index (χ1) is 14.0. The lowest BCUT2D eigenvalue weighted by Crippen LogP contribution is -2.24. The Balaban J connectivity index is 1.37. The van der Waals surface area contributed by atoms with Crippen molar-refractivity contribution in [3.63, 3.8) is 0 Å². The molecule has 0 radical (unpaired) electrons. The number of halogens is 1. The van der Waals surface area contributed by atoms with Crippen molar-refractivity contribution in [2.75, 3.05) is 16.3 Å². The van der Waals surface area contributed by atoms with Crippen molar-refractivity contribution in [2.45, 2.75) is 32.5 Å². The van der Waals surface area contributed by atoms with Gasteiger partial charge in [-0.2, -0.15) is 10.2 Å². The van der Waals surface area contributed by atoms with E-state index in [0.29, 0.717) is 37.7 Å². The van der Waals surface area contributed by atoms with Crippen LogP contribution in [0.15, 0.2) is 18.2 Å². The molecule has 29 heavy (non-hydrogen) atoms. The Morgan fingerprint density at radius 3 is 2.59 bits per heavy atom. The first kappa shape index (κ1) is 17.5. The number of benzene rings is 1. The maximum absolute atomic E-state index is 14.8. The molecule has 12 heteroatoms. The number of hydrogen-bond donors (Lipinski definition) is 0. The molecule has 0 spiro atoms. The molecule has 0 saturated carbocycles. The lowest BCUT2D eigenvalue weighted by atomic mass is 10.2. The molecule has 150 valence electrons. The molecule has 1 aromatic carbocycles. The number of amides is 1. The number of rotatable bonds is 4. The van der Waals surface area contributed by atoms with Gasteiger partial charge in [0.2, 0.25) is 5.95 Å². The number of aromatic nitrogens is 7. The van der Waals surface area contributed by atoms with Gasteiger partial charge >= 0.3 is 6.09 Å². The highest BCUT2D eigenvalue weighted by Crippen LogP contribution is 2.28. The molecule has 0 bridgehead atoms. The van der Waals surface area contributed by atoms with Crippen LogP contribution in [0.2, 0.25) is 0 Å². The zero-order valence-corrected chi connectivity index (χ0v) is 15.9. The van der Waals surface area contributed by atoms with E-state index >= 15 is 0 Å². The average molecular weight is 399 g/mol. The maximum Gasteiger partial charge on any atom is 0.414 e. The second-order valence-electron chi connectivity index (χ2n) is 7.00. The van der Waals surface area contributed by atoms with Gasteiger partial charge in [0, 0.05) is 13.1 Å². The molecule has 1 saturated heterocycles. The van der Waals surface area contributed by atoms with Gasteiger partial charge < -0.3 is 9.64 Å². The molecule has 4 heterocycles. The Labute approximate surface area is 164 Å². The molecule has 1 atom stereocenters. The molecule has 2 aromatic heterocycles. The van der Waals surface area contributed by atoms with E-state index in [1.54, 1.807) is 23.9 Å². The van der Waals surface area contributed by atoms with Crippen molar-refractivity contribution >= 4 is 17.7 Å². The first-order valence-corrected chi connectivity index (χ1v) is 9.24. The summed E-state index contributed by atoms with van der Waals surface area (Å²) in [5.41, 5.74) is 2.15. The summed E-state index contributed by atoms with van der Waals surface area (Å²) in [6, 6.07) is 4.54. The predicted octanol–water partition coefficient (Wildman–Crippen LogP) is 1.19. The molecular weight excluding hydrogens is 381 g/mol. The van der Waals surface area contributed by atoms with E-state index in [1.807, 2.05) is 11.8 Å². The first-order valence-electron chi connectivity index (χ1n) is 9.24. The monoisotopic (exact) mass is 399 g/mol. The SMILES string of the molecule is CC[C@H]1CN(c2ccc(-n3nc4c(n3)CN(c3nnnn3C)C4)c(F)c2)C(=O)O1. The van der Waals surface area contributed by atoms with Crippen LogP contribution in [0.5, 0.6) is 0 Å². The van der Waals surface area contributed by atoms with Crippen LogP contribution in [-0.2, 0) is 24.9 Å². The van der Waals surface area contributed by atoms with Gasteiger partial charge in [-0.25, -0.2) is 13.9 Å².